The summed E-state index contributed by atoms with van der Waals surface area (Å²) in [7, 11) is 0. The largest absolute Gasteiger partial charge is 0.348 e. The van der Waals surface area contributed by atoms with Gasteiger partial charge in [-0.3, -0.25) is 14.6 Å². The number of hydrogen-bond donors (Lipinski definition) is 1. The van der Waals surface area contributed by atoms with E-state index < -0.39 is 0 Å². The topological polar surface area (TPSA) is 62.3 Å². The van der Waals surface area contributed by atoms with Gasteiger partial charge in [-0.25, -0.2) is 0 Å². The van der Waals surface area contributed by atoms with Gasteiger partial charge >= 0.3 is 0 Å². The maximum absolute atomic E-state index is 13.4. The second-order valence-electron chi connectivity index (χ2n) is 8.40. The van der Waals surface area contributed by atoms with E-state index in [1.165, 1.54) is 5.56 Å². The Morgan fingerprint density at radius 1 is 1.12 bits per heavy atom. The van der Waals surface area contributed by atoms with E-state index in [9.17, 15) is 9.59 Å². The Morgan fingerprint density at radius 3 is 2.82 bits per heavy atom. The fourth-order valence-electron chi connectivity index (χ4n) is 4.49. The smallest absolute Gasteiger partial charge is 0.254 e. The molecule has 170 valence electrons. The van der Waals surface area contributed by atoms with Gasteiger partial charge in [-0.05, 0) is 64.4 Å². The van der Waals surface area contributed by atoms with E-state index in [4.69, 9.17) is 0 Å². The molecule has 34 heavy (non-hydrogen) atoms. The molecule has 0 atom stereocenters. The first-order chi connectivity index (χ1) is 16.6. The molecule has 0 aliphatic carbocycles. The Kier molecular flexibility index (Phi) is 6.23. The molecule has 6 heteroatoms. The van der Waals surface area contributed by atoms with Crippen LogP contribution in [0.3, 0.4) is 0 Å². The minimum absolute atomic E-state index is 0.0385. The molecule has 1 aliphatic heterocycles. The summed E-state index contributed by atoms with van der Waals surface area (Å²) in [5.41, 5.74) is 4.93. The van der Waals surface area contributed by atoms with Gasteiger partial charge in [0.1, 0.15) is 0 Å². The highest BCUT2D eigenvalue weighted by atomic mass is 32.1. The van der Waals surface area contributed by atoms with Crippen molar-refractivity contribution in [3.63, 3.8) is 0 Å². The van der Waals surface area contributed by atoms with Gasteiger partial charge in [0.15, 0.2) is 0 Å². The highest BCUT2D eigenvalue weighted by Gasteiger charge is 2.25. The van der Waals surface area contributed by atoms with Gasteiger partial charge in [-0.2, -0.15) is 0 Å². The molecule has 2 aromatic heterocycles. The Labute approximate surface area is 202 Å². The molecule has 5 rings (SSSR count). The number of nitrogens with one attached hydrogen (secondary N) is 1. The first-order valence-corrected chi connectivity index (χ1v) is 12.2. The van der Waals surface area contributed by atoms with E-state index in [1.807, 2.05) is 84.1 Å². The quantitative estimate of drug-likeness (QED) is 0.414. The van der Waals surface area contributed by atoms with Crippen LogP contribution in [-0.2, 0) is 24.3 Å². The third-order valence-corrected chi connectivity index (χ3v) is 7.12. The first kappa shape index (κ1) is 22.0. The second-order valence-corrected chi connectivity index (χ2v) is 9.38. The number of carbonyl (C=O) groups excluding carboxylic acids is 2. The van der Waals surface area contributed by atoms with Crippen LogP contribution >= 0.6 is 11.3 Å². The maximum atomic E-state index is 13.4. The van der Waals surface area contributed by atoms with Crippen molar-refractivity contribution in [3.05, 3.63) is 105 Å². The van der Waals surface area contributed by atoms with E-state index >= 15 is 0 Å². The minimum atomic E-state index is -0.131. The zero-order valence-electron chi connectivity index (χ0n) is 19.0. The lowest BCUT2D eigenvalue weighted by Gasteiger charge is -2.31. The Bertz CT molecular complexity index is 1390. The number of hydrogen-bond acceptors (Lipinski definition) is 4. The number of benzene rings is 2. The summed E-state index contributed by atoms with van der Waals surface area (Å²) >= 11 is 1.59. The average molecular weight is 468 g/mol. The molecule has 2 amide bonds. The molecule has 0 fully saturated rings. The number of thiophene rings is 1. The molecule has 4 aromatic rings. The monoisotopic (exact) mass is 467 g/mol. The molecule has 1 aliphatic rings. The lowest BCUT2D eigenvalue weighted by Crippen LogP contribution is -2.37. The summed E-state index contributed by atoms with van der Waals surface area (Å²) in [6, 6.07) is 17.8. The van der Waals surface area contributed by atoms with Crippen LogP contribution in [-0.4, -0.2) is 28.2 Å². The molecule has 0 radical (unpaired) electrons. The van der Waals surface area contributed by atoms with Crippen molar-refractivity contribution >= 4 is 40.0 Å². The summed E-state index contributed by atoms with van der Waals surface area (Å²) < 4.78 is 0. The summed E-state index contributed by atoms with van der Waals surface area (Å²) in [4.78, 5) is 33.2. The van der Waals surface area contributed by atoms with Crippen LogP contribution in [0.2, 0.25) is 0 Å². The Hall–Kier alpha value is -3.77. The predicted molar refractivity (Wildman–Crippen MR) is 137 cm³/mol. The number of aryl methyl sites for hydroxylation is 1. The molecular formula is C28H25N3O2S. The number of rotatable bonds is 5. The van der Waals surface area contributed by atoms with Crippen molar-refractivity contribution in [2.75, 3.05) is 6.54 Å². The van der Waals surface area contributed by atoms with Gasteiger partial charge in [-0.1, -0.05) is 42.5 Å². The van der Waals surface area contributed by atoms with Crippen LogP contribution < -0.4 is 5.32 Å². The van der Waals surface area contributed by atoms with Crippen molar-refractivity contribution in [1.82, 2.24) is 15.2 Å². The summed E-state index contributed by atoms with van der Waals surface area (Å²) in [5, 5.41) is 7.01. The van der Waals surface area contributed by atoms with Crippen LogP contribution in [0.15, 0.2) is 72.3 Å². The zero-order chi connectivity index (χ0) is 23.5. The highest BCUT2D eigenvalue weighted by molar-refractivity contribution is 7.10. The van der Waals surface area contributed by atoms with E-state index in [-0.39, 0.29) is 11.8 Å². The fourth-order valence-corrected chi connectivity index (χ4v) is 5.11. The van der Waals surface area contributed by atoms with Crippen LogP contribution in [0.25, 0.3) is 16.8 Å². The Balaban J connectivity index is 1.32. The summed E-state index contributed by atoms with van der Waals surface area (Å²) in [5.74, 6) is -0.0921. The highest BCUT2D eigenvalue weighted by Crippen LogP contribution is 2.27. The number of amides is 2. The minimum Gasteiger partial charge on any atom is -0.348 e. The third-order valence-electron chi connectivity index (χ3n) is 6.28. The third kappa shape index (κ3) is 4.50. The van der Waals surface area contributed by atoms with E-state index in [1.54, 1.807) is 17.4 Å². The summed E-state index contributed by atoms with van der Waals surface area (Å²) in [6.07, 6.45) is 6.00. The molecule has 2 aromatic carbocycles. The second kappa shape index (κ2) is 9.61. The summed E-state index contributed by atoms with van der Waals surface area (Å²) in [6.45, 7) is 3.55. The first-order valence-electron chi connectivity index (χ1n) is 11.3. The maximum Gasteiger partial charge on any atom is 0.254 e. The van der Waals surface area contributed by atoms with E-state index in [0.717, 1.165) is 44.5 Å². The van der Waals surface area contributed by atoms with Crippen LogP contribution in [0.4, 0.5) is 0 Å². The Morgan fingerprint density at radius 2 is 1.97 bits per heavy atom. The molecule has 1 N–H and O–H groups in total. The normalized spacial score (nSPS) is 13.3. The van der Waals surface area contributed by atoms with Crippen LogP contribution in [0.1, 0.15) is 37.6 Å². The number of pyridine rings is 1. The predicted octanol–water partition coefficient (Wildman–Crippen LogP) is 5.13. The average Bonchev–Trinajstić information content (AvgIpc) is 3.39. The van der Waals surface area contributed by atoms with Gasteiger partial charge in [-0.15, -0.1) is 11.3 Å². The SMILES string of the molecule is Cc1ncc2c(c1CNC(=O)/C=C/c1cccs1)CCN(C(=O)c1cccc3ccccc13)C2. The van der Waals surface area contributed by atoms with Gasteiger partial charge in [0, 0.05) is 48.0 Å². The molecule has 5 nitrogen and oxygen atoms in total. The van der Waals surface area contributed by atoms with Crippen LogP contribution in [0.5, 0.6) is 0 Å². The lowest BCUT2D eigenvalue weighted by molar-refractivity contribution is -0.116. The van der Waals surface area contributed by atoms with Gasteiger partial charge in [0.2, 0.25) is 5.91 Å². The zero-order valence-corrected chi connectivity index (χ0v) is 19.8. The molecule has 0 saturated heterocycles. The molecule has 0 saturated carbocycles. The van der Waals surface area contributed by atoms with Crippen molar-refractivity contribution < 1.29 is 9.59 Å². The molecule has 3 heterocycles. The standard InChI is InChI=1S/C28H25N3O2S/c1-19-26(17-30-27(32)12-11-22-8-5-15-34-22)24-13-14-31(18-21(24)16-29-19)28(33)25-10-4-7-20-6-2-3-9-23(20)25/h2-12,15-16H,13-14,17-18H2,1H3,(H,30,32)/b12-11+. The molecule has 0 spiro atoms. The van der Waals surface area contributed by atoms with Gasteiger partial charge < -0.3 is 10.2 Å². The van der Waals surface area contributed by atoms with Gasteiger partial charge in [0.05, 0.1) is 0 Å². The van der Waals surface area contributed by atoms with Crippen molar-refractivity contribution in [3.8, 4) is 0 Å². The van der Waals surface area contributed by atoms with Crippen molar-refractivity contribution in [2.45, 2.75) is 26.4 Å². The van der Waals surface area contributed by atoms with Gasteiger partial charge in [0.25, 0.3) is 5.91 Å². The van der Waals surface area contributed by atoms with Crippen molar-refractivity contribution in [1.29, 1.82) is 0 Å². The lowest BCUT2D eigenvalue weighted by atomic mass is 9.94. The van der Waals surface area contributed by atoms with E-state index in [2.05, 4.69) is 10.3 Å². The molecule has 0 bridgehead atoms. The number of carbonyl (C=O) groups is 2. The molecular weight excluding hydrogens is 442 g/mol. The van der Waals surface area contributed by atoms with E-state index in [0.29, 0.717) is 19.6 Å². The molecule has 0 unspecified atom stereocenters. The van der Waals surface area contributed by atoms with Crippen molar-refractivity contribution in [2.24, 2.45) is 0 Å². The van der Waals surface area contributed by atoms with Crippen LogP contribution in [0, 0.1) is 6.92 Å². The fraction of sp³-hybridized carbons (Fsp3) is 0.179. The number of fused-ring (bicyclic) bond motifs is 2. The number of nitrogens with zero attached hydrogens (tertiary/aromatic N) is 2. The number of aromatic nitrogens is 1.